The number of hydrogen-bond acceptors (Lipinski definition) is 5. The highest BCUT2D eigenvalue weighted by molar-refractivity contribution is 7.92. The van der Waals surface area contributed by atoms with E-state index in [-0.39, 0.29) is 24.8 Å². The van der Waals surface area contributed by atoms with E-state index in [1.807, 2.05) is 58.9 Å². The molecule has 0 unspecified atom stereocenters. The fourth-order valence-corrected chi connectivity index (χ4v) is 5.19. The first-order valence-corrected chi connectivity index (χ1v) is 15.1. The second-order valence-corrected chi connectivity index (χ2v) is 11.8. The molecule has 0 aliphatic heterocycles. The lowest BCUT2D eigenvalue weighted by Gasteiger charge is -2.31. The highest BCUT2D eigenvalue weighted by Crippen LogP contribution is 2.23. The Kier molecular flexibility index (Phi) is 12.1. The van der Waals surface area contributed by atoms with E-state index >= 15 is 0 Å². The summed E-state index contributed by atoms with van der Waals surface area (Å²) >= 11 is 0. The quantitative estimate of drug-likeness (QED) is 0.355. The maximum Gasteiger partial charge on any atom is 0.242 e. The zero-order valence-electron chi connectivity index (χ0n) is 23.6. The zero-order valence-corrected chi connectivity index (χ0v) is 24.4. The maximum atomic E-state index is 13.5. The highest BCUT2D eigenvalue weighted by Gasteiger charge is 2.29. The molecule has 2 amide bonds. The molecule has 0 heterocycles. The van der Waals surface area contributed by atoms with Crippen LogP contribution in [0.25, 0.3) is 0 Å². The van der Waals surface area contributed by atoms with Crippen molar-refractivity contribution in [3.63, 3.8) is 0 Å². The molecule has 0 aromatic heterocycles. The number of amides is 2. The van der Waals surface area contributed by atoms with Gasteiger partial charge in [-0.2, -0.15) is 0 Å². The van der Waals surface area contributed by atoms with Gasteiger partial charge in [0, 0.05) is 26.1 Å². The molecular formula is C29H43N3O5S. The van der Waals surface area contributed by atoms with Gasteiger partial charge >= 0.3 is 0 Å². The second kappa shape index (κ2) is 14.8. The molecule has 0 aliphatic carbocycles. The van der Waals surface area contributed by atoms with Gasteiger partial charge in [-0.1, -0.05) is 50.6 Å². The molecule has 0 fully saturated rings. The van der Waals surface area contributed by atoms with Crippen LogP contribution in [-0.2, 0) is 26.2 Å². The summed E-state index contributed by atoms with van der Waals surface area (Å²) in [6.45, 7) is 11.3. The normalized spacial score (nSPS) is 12.2. The van der Waals surface area contributed by atoms with E-state index < -0.39 is 16.1 Å². The highest BCUT2D eigenvalue weighted by atomic mass is 32.2. The summed E-state index contributed by atoms with van der Waals surface area (Å²) in [4.78, 5) is 28.2. The predicted octanol–water partition coefficient (Wildman–Crippen LogP) is 4.52. The average molecular weight is 546 g/mol. The van der Waals surface area contributed by atoms with Crippen LogP contribution in [0.5, 0.6) is 5.75 Å². The van der Waals surface area contributed by atoms with Crippen molar-refractivity contribution in [2.24, 2.45) is 5.92 Å². The molecular weight excluding hydrogens is 502 g/mol. The van der Waals surface area contributed by atoms with E-state index in [4.69, 9.17) is 4.74 Å². The largest absolute Gasteiger partial charge is 0.494 e. The van der Waals surface area contributed by atoms with Gasteiger partial charge < -0.3 is 15.0 Å². The molecule has 1 N–H and O–H groups in total. The minimum absolute atomic E-state index is 0.114. The lowest BCUT2D eigenvalue weighted by Crippen LogP contribution is -2.49. The van der Waals surface area contributed by atoms with Crippen molar-refractivity contribution in [3.05, 3.63) is 59.7 Å². The number of carbonyl (C=O) groups is 2. The number of rotatable bonds is 15. The fraction of sp³-hybridized carbons (Fsp3) is 0.517. The van der Waals surface area contributed by atoms with Crippen LogP contribution in [-0.4, -0.2) is 57.1 Å². The summed E-state index contributed by atoms with van der Waals surface area (Å²) in [6.07, 6.45) is 2.06. The van der Waals surface area contributed by atoms with Crippen molar-refractivity contribution in [1.82, 2.24) is 10.2 Å². The minimum atomic E-state index is -3.56. The Balaban J connectivity index is 2.20. The molecule has 2 aromatic rings. The van der Waals surface area contributed by atoms with E-state index in [1.54, 1.807) is 29.2 Å². The summed E-state index contributed by atoms with van der Waals surface area (Å²) in [7, 11) is -3.56. The van der Waals surface area contributed by atoms with Crippen LogP contribution in [0, 0.1) is 12.8 Å². The Bertz CT molecular complexity index is 1150. The van der Waals surface area contributed by atoms with Gasteiger partial charge in [0.1, 0.15) is 11.8 Å². The van der Waals surface area contributed by atoms with Crippen LogP contribution in [0.2, 0.25) is 0 Å². The van der Waals surface area contributed by atoms with Crippen LogP contribution < -0.4 is 14.4 Å². The number of ether oxygens (including phenoxy) is 1. The van der Waals surface area contributed by atoms with Crippen LogP contribution in [0.3, 0.4) is 0 Å². The summed E-state index contributed by atoms with van der Waals surface area (Å²) in [6, 6.07) is 14.1. The molecule has 0 saturated heterocycles. The third-order valence-corrected chi connectivity index (χ3v) is 7.29. The number of nitrogens with one attached hydrogen (secondary N) is 1. The van der Waals surface area contributed by atoms with Gasteiger partial charge in [0.15, 0.2) is 0 Å². The number of anilines is 1. The molecule has 0 saturated carbocycles. The third kappa shape index (κ3) is 9.67. The fourth-order valence-electron chi connectivity index (χ4n) is 4.23. The number of hydrogen-bond donors (Lipinski definition) is 1. The number of benzene rings is 2. The van der Waals surface area contributed by atoms with E-state index in [2.05, 4.69) is 5.32 Å². The monoisotopic (exact) mass is 545 g/mol. The van der Waals surface area contributed by atoms with Crippen molar-refractivity contribution in [2.45, 2.75) is 66.5 Å². The Morgan fingerprint density at radius 3 is 2.29 bits per heavy atom. The Morgan fingerprint density at radius 2 is 1.74 bits per heavy atom. The Labute approximate surface area is 228 Å². The molecule has 210 valence electrons. The maximum absolute atomic E-state index is 13.5. The minimum Gasteiger partial charge on any atom is -0.494 e. The van der Waals surface area contributed by atoms with Gasteiger partial charge in [0.2, 0.25) is 21.8 Å². The van der Waals surface area contributed by atoms with Crippen LogP contribution in [0.1, 0.15) is 58.1 Å². The average Bonchev–Trinajstić information content (AvgIpc) is 2.85. The number of carbonyl (C=O) groups excluding carboxylic acids is 2. The van der Waals surface area contributed by atoms with E-state index in [9.17, 15) is 18.0 Å². The Hall–Kier alpha value is -3.07. The van der Waals surface area contributed by atoms with Gasteiger partial charge in [0.05, 0.1) is 18.6 Å². The molecule has 38 heavy (non-hydrogen) atoms. The van der Waals surface area contributed by atoms with Crippen molar-refractivity contribution >= 4 is 27.5 Å². The topological polar surface area (TPSA) is 96.0 Å². The first-order valence-electron chi connectivity index (χ1n) is 13.3. The predicted molar refractivity (Wildman–Crippen MR) is 153 cm³/mol. The zero-order chi connectivity index (χ0) is 28.3. The van der Waals surface area contributed by atoms with Crippen molar-refractivity contribution in [1.29, 1.82) is 0 Å². The number of nitrogens with zero attached hydrogens (tertiary/aromatic N) is 2. The lowest BCUT2D eigenvalue weighted by molar-refractivity contribution is -0.141. The van der Waals surface area contributed by atoms with Crippen LogP contribution >= 0.6 is 0 Å². The van der Waals surface area contributed by atoms with E-state index in [0.717, 1.165) is 17.4 Å². The first kappa shape index (κ1) is 31.1. The SMILES string of the molecule is CCOc1ccc(N(CCCC(=O)N(Cc2cccc(C)c2)[C@H](CC)C(=O)NCC(C)C)S(C)(=O)=O)cc1. The van der Waals surface area contributed by atoms with Gasteiger partial charge in [0.25, 0.3) is 0 Å². The first-order chi connectivity index (χ1) is 18.0. The molecule has 2 aromatic carbocycles. The molecule has 0 spiro atoms. The summed E-state index contributed by atoms with van der Waals surface area (Å²) in [5, 5.41) is 2.96. The number of aryl methyl sites for hydroxylation is 1. The molecule has 0 radical (unpaired) electrons. The Morgan fingerprint density at radius 1 is 1.05 bits per heavy atom. The van der Waals surface area contributed by atoms with E-state index in [0.29, 0.717) is 49.9 Å². The van der Waals surface area contributed by atoms with Crippen molar-refractivity contribution in [2.75, 3.05) is 30.3 Å². The lowest BCUT2D eigenvalue weighted by atomic mass is 10.1. The smallest absolute Gasteiger partial charge is 0.242 e. The molecule has 0 bridgehead atoms. The van der Waals surface area contributed by atoms with E-state index in [1.165, 1.54) is 4.31 Å². The molecule has 8 nitrogen and oxygen atoms in total. The van der Waals surface area contributed by atoms with Crippen molar-refractivity contribution < 1.29 is 22.7 Å². The summed E-state index contributed by atoms with van der Waals surface area (Å²) in [5.41, 5.74) is 2.53. The van der Waals surface area contributed by atoms with Gasteiger partial charge in [-0.05, 0) is 62.4 Å². The van der Waals surface area contributed by atoms with Crippen LogP contribution in [0.15, 0.2) is 48.5 Å². The standard InChI is InChI=1S/C29H43N3O5S/c1-7-27(29(34)30-20-22(3)4)31(21-24-12-9-11-23(5)19-24)28(33)13-10-18-32(38(6,35)36)25-14-16-26(17-15-25)37-8-2/h9,11-12,14-17,19,22,27H,7-8,10,13,18,20-21H2,1-6H3,(H,30,34)/t27-/m1/s1. The summed E-state index contributed by atoms with van der Waals surface area (Å²) < 4.78 is 31.8. The second-order valence-electron chi connectivity index (χ2n) is 9.94. The number of sulfonamides is 1. The molecule has 0 aliphatic rings. The van der Waals surface area contributed by atoms with Crippen LogP contribution in [0.4, 0.5) is 5.69 Å². The van der Waals surface area contributed by atoms with Crippen molar-refractivity contribution in [3.8, 4) is 5.75 Å². The molecule has 2 rings (SSSR count). The summed E-state index contributed by atoms with van der Waals surface area (Å²) in [5.74, 6) is 0.600. The van der Waals surface area contributed by atoms with Gasteiger partial charge in [-0.15, -0.1) is 0 Å². The van der Waals surface area contributed by atoms with Gasteiger partial charge in [-0.25, -0.2) is 8.42 Å². The molecule has 1 atom stereocenters. The third-order valence-electron chi connectivity index (χ3n) is 6.09. The molecule has 9 heteroatoms. The van der Waals surface area contributed by atoms with Gasteiger partial charge in [-0.3, -0.25) is 13.9 Å².